The van der Waals surface area contributed by atoms with E-state index in [0.717, 1.165) is 115 Å². The third-order valence-electron chi connectivity index (χ3n) is 18.8. The van der Waals surface area contributed by atoms with Gasteiger partial charge in [-0.05, 0) is 280 Å². The predicted molar refractivity (Wildman–Crippen MR) is 436 cm³/mol. The fourth-order valence-corrected chi connectivity index (χ4v) is 13.1. The molecule has 0 aromatic heterocycles. The van der Waals surface area contributed by atoms with Crippen molar-refractivity contribution in [3.63, 3.8) is 0 Å². The number of carboxylic acid groups (broad SMARTS) is 1. The van der Waals surface area contributed by atoms with Crippen molar-refractivity contribution < 1.29 is 66.5 Å². The molecule has 26 heteroatoms. The summed E-state index contributed by atoms with van der Waals surface area (Å²) in [7, 11) is 0. The van der Waals surface area contributed by atoms with Crippen LogP contribution >= 0.6 is 12.4 Å². The number of anilines is 5. The molecule has 5 heterocycles. The summed E-state index contributed by atoms with van der Waals surface area (Å²) in [5, 5.41) is 14.8. The highest BCUT2D eigenvalue weighted by Crippen LogP contribution is 2.35. The number of amides is 7. The number of aromatic carboxylic acids is 1. The average Bonchev–Trinajstić information content (AvgIpc) is 1.66. The summed E-state index contributed by atoms with van der Waals surface area (Å²) < 4.78 is 42.0. The third kappa shape index (κ3) is 25.4. The molecule has 0 saturated carbocycles. The molecule has 0 radical (unpaired) electrons. The maximum Gasteiger partial charge on any atom is 0.414 e. The van der Waals surface area contributed by atoms with Gasteiger partial charge in [-0.2, -0.15) is 0 Å². The minimum Gasteiger partial charge on any atom is -0.478 e. The van der Waals surface area contributed by atoms with Crippen molar-refractivity contribution in [1.29, 1.82) is 0 Å². The van der Waals surface area contributed by atoms with Gasteiger partial charge in [-0.15, -0.1) is 12.4 Å². The van der Waals surface area contributed by atoms with E-state index in [-0.39, 0.29) is 60.8 Å². The molecule has 5 aromatic rings. The van der Waals surface area contributed by atoms with E-state index in [4.69, 9.17) is 25.1 Å². The second-order valence-electron chi connectivity index (χ2n) is 29.8. The Kier molecular flexibility index (Phi) is 34.6. The molecule has 7 amide bonds. The Labute approximate surface area is 655 Å². The highest BCUT2D eigenvalue weighted by molar-refractivity contribution is 5.99. The Morgan fingerprint density at radius 3 is 1.12 bits per heavy atom. The van der Waals surface area contributed by atoms with E-state index in [2.05, 4.69) is 20.4 Å². The van der Waals surface area contributed by atoms with E-state index >= 15 is 0 Å². The molecule has 23 nitrogen and oxygen atoms in total. The van der Waals surface area contributed by atoms with Crippen LogP contribution in [-0.2, 0) is 46.3 Å². The number of hydrogen-bond donors (Lipinski definition) is 4. The van der Waals surface area contributed by atoms with Gasteiger partial charge in [-0.25, -0.2) is 28.0 Å². The number of hydrogen-bond acceptors (Lipinski definition) is 15. The lowest BCUT2D eigenvalue weighted by atomic mass is 10.1. The zero-order valence-electron chi connectivity index (χ0n) is 67.6. The summed E-state index contributed by atoms with van der Waals surface area (Å²) in [6.45, 7) is 42.7. The van der Waals surface area contributed by atoms with Crippen molar-refractivity contribution >= 4 is 88.7 Å². The van der Waals surface area contributed by atoms with Crippen LogP contribution in [0.5, 0.6) is 0 Å². The van der Waals surface area contributed by atoms with Crippen LogP contribution in [0.25, 0.3) is 0 Å². The van der Waals surface area contributed by atoms with Crippen LogP contribution in [0.2, 0.25) is 0 Å². The first-order chi connectivity index (χ1) is 51.6. The first-order valence-electron chi connectivity index (χ1n) is 38.2. The van der Waals surface area contributed by atoms with Gasteiger partial charge in [0.2, 0.25) is 0 Å². The molecule has 0 saturated heterocycles. The lowest BCUT2D eigenvalue weighted by Gasteiger charge is -2.25. The molecule has 5 aliphatic rings. The molecule has 0 unspecified atom stereocenters. The fraction of sp³-hybridized carbons (Fsp3) is 0.500. The van der Waals surface area contributed by atoms with E-state index in [1.165, 1.54) is 17.3 Å². The number of ether oxygens (including phenoxy) is 3. The van der Waals surface area contributed by atoms with Crippen molar-refractivity contribution in [3.8, 4) is 0 Å². The summed E-state index contributed by atoms with van der Waals surface area (Å²) in [4.78, 5) is 111. The monoisotopic (exact) mass is 1550 g/mol. The summed E-state index contributed by atoms with van der Waals surface area (Å²) in [5.74, 6) is -0.688. The number of carbonyl (C=O) groups is 8. The normalized spacial score (nSPS) is 13.7. The molecule has 10 rings (SSSR count). The van der Waals surface area contributed by atoms with Gasteiger partial charge in [0.25, 0.3) is 23.6 Å². The summed E-state index contributed by atoms with van der Waals surface area (Å²) in [5.41, 5.74) is 18.2. The molecular formula is C84H118ClF2N11O12. The van der Waals surface area contributed by atoms with Crippen molar-refractivity contribution in [2.75, 3.05) is 136 Å². The van der Waals surface area contributed by atoms with Crippen molar-refractivity contribution in [2.45, 2.75) is 167 Å². The average molecular weight is 1550 g/mol. The van der Waals surface area contributed by atoms with Gasteiger partial charge < -0.3 is 65.1 Å². The second kappa shape index (κ2) is 41.9. The minimum atomic E-state index is -0.960. The molecule has 0 atom stereocenters. The van der Waals surface area contributed by atoms with Gasteiger partial charge >= 0.3 is 24.2 Å². The fourth-order valence-electron chi connectivity index (χ4n) is 13.1. The van der Waals surface area contributed by atoms with Crippen molar-refractivity contribution in [2.24, 2.45) is 5.73 Å². The summed E-state index contributed by atoms with van der Waals surface area (Å²) >= 11 is 0. The smallest absolute Gasteiger partial charge is 0.414 e. The lowest BCUT2D eigenvalue weighted by molar-refractivity contribution is 0.0527. The SMILES string of the molecule is CC(C)(C)OC(=O)N1CCc2cc(C(=O)O)ccc21.CCN(CC)C(=O)c1ccc2c(c1)CCN2.CCN(CC)C(=O)c1ccc2c(c1)CCN2C(=O)OC(C)(C)C.CCN(CC)C(=O)c1ccc2c(c1)CCN2C/C(=C/F)CN.CCN(CC)C(=O)c1ccc2c(c1)CCN2C/C(=C/F)CNC(=O)OC(C)(C)C.Cl. The van der Waals surface area contributed by atoms with Crippen LogP contribution in [0, 0.1) is 0 Å². The van der Waals surface area contributed by atoms with E-state index in [9.17, 15) is 47.1 Å². The van der Waals surface area contributed by atoms with Gasteiger partial charge in [0.15, 0.2) is 0 Å². The topological polar surface area (TPSA) is 260 Å². The number of nitrogens with zero attached hydrogens (tertiary/aromatic N) is 8. The number of nitrogens with one attached hydrogen (secondary N) is 2. The number of halogens is 3. The standard InChI is InChI=1S/C22H32FN3O3.C18H26N2O3.C17H24FN3O.C14H17NO4.C13H18N2O.ClH/c1-6-25(7-2)20(27)18-8-9-19-17(12-18)10-11-26(19)15-16(13-23)14-24-21(28)29-22(3,4)5;1-6-19(7-2)16(21)14-8-9-15-13(12-14)10-11-20(15)17(22)23-18(3,4)5;1-3-20(4-2)17(22)15-5-6-16-14(9-15)7-8-21(16)12-13(10-18)11-19;1-14(2,3)19-13(18)15-7-6-9-8-10(12(16)17)4-5-11(9)15;1-3-15(4-2)13(16)11-5-6-12-10(9-11)7-8-14-12;/h8-9,12-13H,6-7,10-11,14-15H2,1-5H3,(H,24,28);8-9,12H,6-7,10-11H2,1-5H3;5-6,9-10H,3-4,7-8,11-12,19H2,1-2H3;4-5,8H,6-7H2,1-3H3,(H,16,17);5-6,9,14H,3-4,7-8H2,1-2H3;1H/b16-13+;;13-10+;;;. The van der Waals surface area contributed by atoms with Crippen LogP contribution in [0.15, 0.2) is 115 Å². The van der Waals surface area contributed by atoms with Crippen LogP contribution in [0.1, 0.15) is 197 Å². The number of carboxylic acids is 1. The number of carbonyl (C=O) groups excluding carboxylic acids is 7. The maximum atomic E-state index is 13.4. The highest BCUT2D eigenvalue weighted by Gasteiger charge is 2.33. The molecule has 0 bridgehead atoms. The predicted octanol–water partition coefficient (Wildman–Crippen LogP) is 15.0. The minimum absolute atomic E-state index is 0. The zero-order chi connectivity index (χ0) is 80.7. The molecular weight excluding hydrogens is 1430 g/mol. The van der Waals surface area contributed by atoms with Gasteiger partial charge in [0.1, 0.15) is 16.8 Å². The first-order valence-corrected chi connectivity index (χ1v) is 38.2. The second-order valence-corrected chi connectivity index (χ2v) is 29.8. The number of benzene rings is 5. The summed E-state index contributed by atoms with van der Waals surface area (Å²) in [6, 6.07) is 27.8. The number of nitrogens with two attached hydrogens (primary N) is 1. The van der Waals surface area contributed by atoms with E-state index < -0.39 is 35.0 Å². The molecule has 5 aliphatic heterocycles. The van der Waals surface area contributed by atoms with Crippen LogP contribution in [0.4, 0.5) is 51.6 Å². The maximum absolute atomic E-state index is 13.4. The van der Waals surface area contributed by atoms with E-state index in [1.54, 1.807) is 58.6 Å². The Hall–Kier alpha value is -9.75. The molecule has 110 heavy (non-hydrogen) atoms. The highest BCUT2D eigenvalue weighted by atomic mass is 35.5. The molecule has 5 aromatic carbocycles. The number of rotatable bonds is 20. The molecule has 0 fully saturated rings. The Balaban J connectivity index is 0.000000249. The van der Waals surface area contributed by atoms with Gasteiger partial charge in [0, 0.05) is 151 Å². The zero-order valence-corrected chi connectivity index (χ0v) is 68.4. The van der Waals surface area contributed by atoms with Gasteiger partial charge in [-0.3, -0.25) is 29.0 Å². The van der Waals surface area contributed by atoms with Crippen molar-refractivity contribution in [3.05, 3.63) is 170 Å². The van der Waals surface area contributed by atoms with Crippen molar-refractivity contribution in [1.82, 2.24) is 24.9 Å². The van der Waals surface area contributed by atoms with Crippen LogP contribution in [-0.4, -0.2) is 201 Å². The Bertz CT molecular complexity index is 4060. The van der Waals surface area contributed by atoms with Gasteiger partial charge in [0.05, 0.1) is 29.6 Å². The van der Waals surface area contributed by atoms with Crippen LogP contribution in [0.3, 0.4) is 0 Å². The molecule has 5 N–H and O–H groups in total. The largest absolute Gasteiger partial charge is 0.478 e. The van der Waals surface area contributed by atoms with Crippen LogP contribution < -0.4 is 36.0 Å². The molecule has 0 aliphatic carbocycles. The Morgan fingerprint density at radius 2 is 0.773 bits per heavy atom. The first kappa shape index (κ1) is 90.9. The number of alkyl carbamates (subject to hydrolysis) is 1. The third-order valence-corrected chi connectivity index (χ3v) is 18.8. The van der Waals surface area contributed by atoms with Gasteiger partial charge in [-0.1, -0.05) is 0 Å². The number of fused-ring (bicyclic) bond motifs is 5. The Morgan fingerprint density at radius 1 is 0.455 bits per heavy atom. The van der Waals surface area contributed by atoms with E-state index in [0.29, 0.717) is 107 Å². The molecule has 602 valence electrons. The quantitative estimate of drug-likeness (QED) is 0.0528. The molecule has 0 spiro atoms. The lowest BCUT2D eigenvalue weighted by Crippen LogP contribution is -2.35. The van der Waals surface area contributed by atoms with E-state index in [1.807, 2.05) is 173 Å². The summed E-state index contributed by atoms with van der Waals surface area (Å²) in [6.07, 6.45) is 3.92.